The second-order valence-electron chi connectivity index (χ2n) is 3.71. The van der Waals surface area contributed by atoms with Crippen molar-refractivity contribution < 1.29 is 17.2 Å². The van der Waals surface area contributed by atoms with Gasteiger partial charge in [-0.1, -0.05) is 12.7 Å². The van der Waals surface area contributed by atoms with Crippen molar-refractivity contribution in [2.75, 3.05) is 12.9 Å². The van der Waals surface area contributed by atoms with Crippen LogP contribution in [-0.2, 0) is 20.8 Å². The zero-order chi connectivity index (χ0) is 12.7. The Morgan fingerprint density at radius 2 is 2.00 bits per heavy atom. The van der Waals surface area contributed by atoms with Crippen LogP contribution in [0.1, 0.15) is 18.4 Å². The molecule has 0 spiro atoms. The van der Waals surface area contributed by atoms with E-state index in [9.17, 15) is 8.42 Å². The number of rotatable bonds is 7. The molecular formula is C12H18NO3S+. The maximum Gasteiger partial charge on any atom is 0.267 e. The van der Waals surface area contributed by atoms with E-state index in [0.717, 1.165) is 18.5 Å². The van der Waals surface area contributed by atoms with Crippen LogP contribution in [0.5, 0.6) is 0 Å². The standard InChI is InChI=1S/C12H18NO3S/c1-3-12-6-9-13(10-7-12)8-4-5-11-17(14,15)16-2/h3,6-7,9-10H,1,4-5,8,11H2,2H3/q+1. The second kappa shape index (κ2) is 6.51. The number of aryl methyl sites for hydroxylation is 1. The first-order valence-corrected chi connectivity index (χ1v) is 7.05. The van der Waals surface area contributed by atoms with Crippen molar-refractivity contribution in [1.82, 2.24) is 0 Å². The van der Waals surface area contributed by atoms with Gasteiger partial charge >= 0.3 is 0 Å². The topological polar surface area (TPSA) is 47.2 Å². The van der Waals surface area contributed by atoms with E-state index in [1.54, 1.807) is 6.08 Å². The van der Waals surface area contributed by atoms with Gasteiger partial charge in [-0.25, -0.2) is 4.57 Å². The summed E-state index contributed by atoms with van der Waals surface area (Å²) in [5.41, 5.74) is 1.07. The van der Waals surface area contributed by atoms with Gasteiger partial charge in [0.2, 0.25) is 0 Å². The summed E-state index contributed by atoms with van der Waals surface area (Å²) in [4.78, 5) is 0. The minimum atomic E-state index is -3.31. The lowest BCUT2D eigenvalue weighted by atomic mass is 10.2. The van der Waals surface area contributed by atoms with Gasteiger partial charge in [-0.2, -0.15) is 8.42 Å². The van der Waals surface area contributed by atoms with Crippen LogP contribution < -0.4 is 4.57 Å². The molecule has 0 radical (unpaired) electrons. The molecule has 0 saturated heterocycles. The molecule has 0 aliphatic heterocycles. The highest BCUT2D eigenvalue weighted by Crippen LogP contribution is 1.99. The molecule has 0 aromatic carbocycles. The Hall–Kier alpha value is -1.20. The summed E-state index contributed by atoms with van der Waals surface area (Å²) in [6.45, 7) is 4.48. The summed E-state index contributed by atoms with van der Waals surface area (Å²) in [7, 11) is -2.11. The van der Waals surface area contributed by atoms with Gasteiger partial charge in [0, 0.05) is 18.6 Å². The quantitative estimate of drug-likeness (QED) is 0.420. The Morgan fingerprint density at radius 3 is 2.53 bits per heavy atom. The van der Waals surface area contributed by atoms with E-state index in [1.165, 1.54) is 7.11 Å². The maximum absolute atomic E-state index is 11.1. The Kier molecular flexibility index (Phi) is 5.31. The van der Waals surface area contributed by atoms with Crippen molar-refractivity contribution in [2.24, 2.45) is 0 Å². The van der Waals surface area contributed by atoms with Crippen LogP contribution in [-0.4, -0.2) is 21.3 Å². The highest BCUT2D eigenvalue weighted by atomic mass is 32.2. The number of pyridine rings is 1. The third-order valence-electron chi connectivity index (χ3n) is 2.47. The fourth-order valence-electron chi connectivity index (χ4n) is 1.41. The number of hydrogen-bond donors (Lipinski definition) is 0. The Bertz CT molecular complexity index is 451. The Balaban J connectivity index is 2.33. The third kappa shape index (κ3) is 5.10. The van der Waals surface area contributed by atoms with Crippen molar-refractivity contribution in [3.63, 3.8) is 0 Å². The molecule has 0 atom stereocenters. The molecule has 0 bridgehead atoms. The largest absolute Gasteiger partial charge is 0.273 e. The maximum atomic E-state index is 11.1. The molecule has 1 heterocycles. The van der Waals surface area contributed by atoms with E-state index >= 15 is 0 Å². The molecule has 4 nitrogen and oxygen atoms in total. The molecule has 0 unspecified atom stereocenters. The van der Waals surface area contributed by atoms with Crippen molar-refractivity contribution in [3.05, 3.63) is 36.7 Å². The summed E-state index contributed by atoms with van der Waals surface area (Å²) >= 11 is 0. The summed E-state index contributed by atoms with van der Waals surface area (Å²) in [6, 6.07) is 3.94. The van der Waals surface area contributed by atoms with Crippen LogP contribution in [0.15, 0.2) is 31.1 Å². The Morgan fingerprint density at radius 1 is 1.35 bits per heavy atom. The van der Waals surface area contributed by atoms with Gasteiger partial charge in [0.1, 0.15) is 6.54 Å². The average molecular weight is 256 g/mol. The first-order valence-electron chi connectivity index (χ1n) is 5.47. The summed E-state index contributed by atoms with van der Waals surface area (Å²) in [6.07, 6.45) is 7.12. The molecular weight excluding hydrogens is 238 g/mol. The van der Waals surface area contributed by atoms with E-state index in [2.05, 4.69) is 10.8 Å². The van der Waals surface area contributed by atoms with Gasteiger partial charge in [-0.05, 0) is 12.0 Å². The van der Waals surface area contributed by atoms with E-state index in [1.807, 2.05) is 29.1 Å². The second-order valence-corrected chi connectivity index (χ2v) is 5.57. The fraction of sp³-hybridized carbons (Fsp3) is 0.417. The predicted molar refractivity (Wildman–Crippen MR) is 66.8 cm³/mol. The van der Waals surface area contributed by atoms with Gasteiger partial charge in [-0.3, -0.25) is 4.18 Å². The minimum absolute atomic E-state index is 0.0782. The van der Waals surface area contributed by atoms with Gasteiger partial charge in [0.05, 0.1) is 12.9 Å². The summed E-state index contributed by atoms with van der Waals surface area (Å²) < 4.78 is 28.5. The monoisotopic (exact) mass is 256 g/mol. The molecule has 0 N–H and O–H groups in total. The first kappa shape index (κ1) is 13.9. The van der Waals surface area contributed by atoms with E-state index in [-0.39, 0.29) is 5.75 Å². The number of unbranched alkanes of at least 4 members (excludes halogenated alkanes) is 1. The van der Waals surface area contributed by atoms with Crippen LogP contribution in [0.2, 0.25) is 0 Å². The highest BCUT2D eigenvalue weighted by Gasteiger charge is 2.08. The predicted octanol–water partition coefficient (Wildman–Crippen LogP) is 1.37. The normalized spacial score (nSPS) is 11.4. The van der Waals surface area contributed by atoms with Crippen molar-refractivity contribution in [3.8, 4) is 0 Å². The van der Waals surface area contributed by atoms with E-state index in [4.69, 9.17) is 0 Å². The Labute approximate surface area is 103 Å². The molecule has 0 saturated carbocycles. The van der Waals surface area contributed by atoms with Crippen molar-refractivity contribution >= 4 is 16.2 Å². The van der Waals surface area contributed by atoms with E-state index in [0.29, 0.717) is 6.42 Å². The molecule has 1 aromatic heterocycles. The van der Waals surface area contributed by atoms with Gasteiger partial charge in [0.25, 0.3) is 10.1 Å². The van der Waals surface area contributed by atoms with Gasteiger partial charge < -0.3 is 0 Å². The van der Waals surface area contributed by atoms with Crippen LogP contribution in [0.3, 0.4) is 0 Å². The lowest BCUT2D eigenvalue weighted by Crippen LogP contribution is -2.32. The molecule has 1 rings (SSSR count). The molecule has 0 aliphatic carbocycles. The van der Waals surface area contributed by atoms with Crippen molar-refractivity contribution in [1.29, 1.82) is 0 Å². The number of nitrogens with zero attached hydrogens (tertiary/aromatic N) is 1. The molecule has 0 aliphatic rings. The average Bonchev–Trinajstić information content (AvgIpc) is 2.35. The molecule has 0 fully saturated rings. The summed E-state index contributed by atoms with van der Waals surface area (Å²) in [5.74, 6) is 0.0782. The zero-order valence-corrected chi connectivity index (χ0v) is 10.8. The van der Waals surface area contributed by atoms with Crippen LogP contribution in [0, 0.1) is 0 Å². The highest BCUT2D eigenvalue weighted by molar-refractivity contribution is 7.86. The molecule has 17 heavy (non-hydrogen) atoms. The van der Waals surface area contributed by atoms with Crippen LogP contribution in [0.4, 0.5) is 0 Å². The molecule has 94 valence electrons. The van der Waals surface area contributed by atoms with Gasteiger partial charge in [0.15, 0.2) is 12.4 Å². The van der Waals surface area contributed by atoms with Crippen LogP contribution >= 0.6 is 0 Å². The lowest BCUT2D eigenvalue weighted by molar-refractivity contribution is -0.697. The minimum Gasteiger partial charge on any atom is -0.273 e. The van der Waals surface area contributed by atoms with Gasteiger partial charge in [-0.15, -0.1) is 0 Å². The zero-order valence-electron chi connectivity index (χ0n) is 10.0. The molecule has 5 heteroatoms. The summed E-state index contributed by atoms with van der Waals surface area (Å²) in [5, 5.41) is 0. The molecule has 1 aromatic rings. The van der Waals surface area contributed by atoms with Crippen LogP contribution in [0.25, 0.3) is 6.08 Å². The van der Waals surface area contributed by atoms with Crippen molar-refractivity contribution in [2.45, 2.75) is 19.4 Å². The first-order chi connectivity index (χ1) is 8.07. The smallest absolute Gasteiger partial charge is 0.267 e. The SMILES string of the molecule is C=Cc1cc[n+](CCCCS(=O)(=O)OC)cc1. The third-order valence-corrected chi connectivity index (χ3v) is 3.76. The lowest BCUT2D eigenvalue weighted by Gasteiger charge is -2.00. The fourth-order valence-corrected chi connectivity index (χ4v) is 2.13. The molecule has 0 amide bonds. The number of aromatic nitrogens is 1. The number of hydrogen-bond acceptors (Lipinski definition) is 3. The van der Waals surface area contributed by atoms with E-state index < -0.39 is 10.1 Å².